The van der Waals surface area contributed by atoms with Gasteiger partial charge in [-0.15, -0.1) is 0 Å². The summed E-state index contributed by atoms with van der Waals surface area (Å²) in [6.07, 6.45) is 0. The van der Waals surface area contributed by atoms with E-state index >= 15 is 0 Å². The van der Waals surface area contributed by atoms with Crippen LogP contribution in [0.15, 0.2) is 24.3 Å². The van der Waals surface area contributed by atoms with Crippen molar-refractivity contribution in [3.63, 3.8) is 0 Å². The lowest BCUT2D eigenvalue weighted by atomic mass is 10.1. The van der Waals surface area contributed by atoms with Crippen LogP contribution in [0.5, 0.6) is 5.75 Å². The zero-order valence-corrected chi connectivity index (χ0v) is 10.8. The highest BCUT2D eigenvalue weighted by molar-refractivity contribution is 5.90. The summed E-state index contributed by atoms with van der Waals surface area (Å²) in [5.41, 5.74) is -1.05. The van der Waals surface area contributed by atoms with Gasteiger partial charge in [0.25, 0.3) is 0 Å². The van der Waals surface area contributed by atoms with E-state index in [1.54, 1.807) is 18.2 Å². The molecule has 6 heteroatoms. The van der Waals surface area contributed by atoms with Crippen molar-refractivity contribution < 1.29 is 24.9 Å². The van der Waals surface area contributed by atoms with Crippen molar-refractivity contribution in [2.24, 2.45) is 0 Å². The van der Waals surface area contributed by atoms with Crippen molar-refractivity contribution >= 4 is 5.97 Å². The van der Waals surface area contributed by atoms with Gasteiger partial charge in [0.2, 0.25) is 0 Å². The number of rotatable bonds is 8. The molecular weight excluding hydrogens is 250 g/mol. The summed E-state index contributed by atoms with van der Waals surface area (Å²) in [4.78, 5) is 10.9. The number of para-hydroxylation sites is 1. The fourth-order valence-electron chi connectivity index (χ4n) is 1.42. The molecule has 0 aliphatic rings. The third kappa shape index (κ3) is 5.25. The van der Waals surface area contributed by atoms with Crippen LogP contribution in [-0.4, -0.2) is 53.2 Å². The minimum absolute atomic E-state index is 0.116. The number of hydrogen-bond acceptors (Lipinski definition) is 5. The molecule has 4 N–H and O–H groups in total. The van der Waals surface area contributed by atoms with Crippen molar-refractivity contribution in [3.8, 4) is 5.75 Å². The van der Waals surface area contributed by atoms with Crippen LogP contribution in [0.4, 0.5) is 0 Å². The molecule has 0 spiro atoms. The second-order valence-corrected chi connectivity index (χ2v) is 4.48. The summed E-state index contributed by atoms with van der Waals surface area (Å²) in [5.74, 6) is -0.725. The molecule has 1 aromatic carbocycles. The van der Waals surface area contributed by atoms with Gasteiger partial charge in [-0.1, -0.05) is 12.1 Å². The van der Waals surface area contributed by atoms with Gasteiger partial charge in [0.1, 0.15) is 17.9 Å². The monoisotopic (exact) mass is 269 g/mol. The maximum absolute atomic E-state index is 10.9. The van der Waals surface area contributed by atoms with Crippen molar-refractivity contribution in [2.75, 3.05) is 26.3 Å². The molecule has 1 rings (SSSR count). The molecule has 0 saturated carbocycles. The van der Waals surface area contributed by atoms with Gasteiger partial charge in [-0.3, -0.25) is 0 Å². The van der Waals surface area contributed by atoms with E-state index in [1.165, 1.54) is 13.0 Å². The van der Waals surface area contributed by atoms with E-state index in [0.29, 0.717) is 12.3 Å². The number of carboxylic acids is 1. The molecule has 1 unspecified atom stereocenters. The van der Waals surface area contributed by atoms with Crippen LogP contribution >= 0.6 is 0 Å². The Bertz CT molecular complexity index is 419. The topological polar surface area (TPSA) is 99.0 Å². The molecule has 6 nitrogen and oxygen atoms in total. The second-order valence-electron chi connectivity index (χ2n) is 4.48. The smallest absolute Gasteiger partial charge is 0.339 e. The van der Waals surface area contributed by atoms with Gasteiger partial charge in [0.05, 0.1) is 12.2 Å². The summed E-state index contributed by atoms with van der Waals surface area (Å²) < 4.78 is 5.36. The van der Waals surface area contributed by atoms with Gasteiger partial charge in [-0.05, 0) is 19.1 Å². The van der Waals surface area contributed by atoms with Gasteiger partial charge in [0, 0.05) is 13.1 Å². The molecule has 0 aromatic heterocycles. The first-order valence-corrected chi connectivity index (χ1v) is 5.95. The Morgan fingerprint density at radius 3 is 2.74 bits per heavy atom. The van der Waals surface area contributed by atoms with E-state index in [0.717, 1.165) is 0 Å². The molecule has 0 fully saturated rings. The highest BCUT2D eigenvalue weighted by Gasteiger charge is 2.17. The predicted octanol–water partition coefficient (Wildman–Crippen LogP) is 0.0965. The molecular formula is C13H19NO5. The van der Waals surface area contributed by atoms with Gasteiger partial charge < -0.3 is 25.4 Å². The lowest BCUT2D eigenvalue weighted by Crippen LogP contribution is -2.42. The average Bonchev–Trinajstić information content (AvgIpc) is 2.38. The normalized spacial score (nSPS) is 13.8. The average molecular weight is 269 g/mol. The highest BCUT2D eigenvalue weighted by atomic mass is 16.5. The molecule has 19 heavy (non-hydrogen) atoms. The Morgan fingerprint density at radius 1 is 1.42 bits per heavy atom. The van der Waals surface area contributed by atoms with E-state index in [9.17, 15) is 9.90 Å². The maximum atomic E-state index is 10.9. The number of aliphatic hydroxyl groups excluding tert-OH is 1. The summed E-state index contributed by atoms with van der Waals surface area (Å²) in [7, 11) is 0. The molecule has 0 saturated heterocycles. The van der Waals surface area contributed by atoms with E-state index in [-0.39, 0.29) is 25.3 Å². The minimum Gasteiger partial charge on any atom is -0.491 e. The lowest BCUT2D eigenvalue weighted by molar-refractivity contribution is 0.00244. The number of hydrogen-bond donors (Lipinski definition) is 4. The zero-order valence-electron chi connectivity index (χ0n) is 10.8. The van der Waals surface area contributed by atoms with Crippen LogP contribution < -0.4 is 10.1 Å². The molecule has 0 amide bonds. The lowest BCUT2D eigenvalue weighted by Gasteiger charge is -2.20. The molecule has 1 aromatic rings. The number of nitrogens with one attached hydrogen (secondary N) is 1. The van der Waals surface area contributed by atoms with Gasteiger partial charge in [-0.25, -0.2) is 4.79 Å². The van der Waals surface area contributed by atoms with E-state index in [4.69, 9.17) is 14.9 Å². The largest absolute Gasteiger partial charge is 0.491 e. The van der Waals surface area contributed by atoms with Crippen LogP contribution in [0.25, 0.3) is 0 Å². The van der Waals surface area contributed by atoms with Crippen LogP contribution in [-0.2, 0) is 0 Å². The number of aromatic carboxylic acids is 1. The number of benzene rings is 1. The first-order valence-electron chi connectivity index (χ1n) is 5.95. The third-order valence-electron chi connectivity index (χ3n) is 2.50. The Morgan fingerprint density at radius 2 is 2.11 bits per heavy atom. The van der Waals surface area contributed by atoms with Crippen molar-refractivity contribution in [2.45, 2.75) is 12.5 Å². The number of aliphatic hydroxyl groups is 2. The number of carboxylic acid groups (broad SMARTS) is 1. The molecule has 1 atom stereocenters. The van der Waals surface area contributed by atoms with Crippen molar-refractivity contribution in [3.05, 3.63) is 29.8 Å². The van der Waals surface area contributed by atoms with E-state index in [2.05, 4.69) is 5.32 Å². The first kappa shape index (κ1) is 15.4. The Labute approximate surface area is 111 Å². The van der Waals surface area contributed by atoms with Crippen LogP contribution in [0.2, 0.25) is 0 Å². The maximum Gasteiger partial charge on any atom is 0.339 e. The molecule has 0 aliphatic carbocycles. The Balaban J connectivity index is 2.36. The van der Waals surface area contributed by atoms with Crippen LogP contribution in [0.3, 0.4) is 0 Å². The van der Waals surface area contributed by atoms with E-state index < -0.39 is 11.6 Å². The highest BCUT2D eigenvalue weighted by Crippen LogP contribution is 2.17. The van der Waals surface area contributed by atoms with Crippen molar-refractivity contribution in [1.29, 1.82) is 0 Å². The van der Waals surface area contributed by atoms with Crippen molar-refractivity contribution in [1.82, 2.24) is 5.32 Å². The minimum atomic E-state index is -1.17. The van der Waals surface area contributed by atoms with Gasteiger partial charge in [0.15, 0.2) is 0 Å². The predicted molar refractivity (Wildman–Crippen MR) is 69.5 cm³/mol. The molecule has 0 bridgehead atoms. The second kappa shape index (κ2) is 7.08. The Hall–Kier alpha value is -1.63. The fraction of sp³-hybridized carbons (Fsp3) is 0.462. The molecule has 0 radical (unpaired) electrons. The van der Waals surface area contributed by atoms with Crippen LogP contribution in [0.1, 0.15) is 17.3 Å². The SMILES string of the molecule is CC(O)(CO)CNCCOc1ccccc1C(=O)O. The Kier molecular flexibility index (Phi) is 5.75. The standard InChI is InChI=1S/C13H19NO5/c1-13(18,9-15)8-14-6-7-19-11-5-3-2-4-10(11)12(16)17/h2-5,14-15,18H,6-9H2,1H3,(H,16,17). The molecule has 0 aliphatic heterocycles. The van der Waals surface area contributed by atoms with Gasteiger partial charge in [-0.2, -0.15) is 0 Å². The van der Waals surface area contributed by atoms with Crippen LogP contribution in [0, 0.1) is 0 Å². The summed E-state index contributed by atoms with van der Waals surface area (Å²) in [6, 6.07) is 6.40. The van der Waals surface area contributed by atoms with Gasteiger partial charge >= 0.3 is 5.97 Å². The molecule has 0 heterocycles. The molecule has 106 valence electrons. The summed E-state index contributed by atoms with van der Waals surface area (Å²) in [5, 5.41) is 30.2. The number of carbonyl (C=O) groups is 1. The summed E-state index contributed by atoms with van der Waals surface area (Å²) >= 11 is 0. The number of ether oxygens (including phenoxy) is 1. The third-order valence-corrected chi connectivity index (χ3v) is 2.50. The zero-order chi connectivity index (χ0) is 14.3. The first-order chi connectivity index (χ1) is 8.96. The fourth-order valence-corrected chi connectivity index (χ4v) is 1.42. The quantitative estimate of drug-likeness (QED) is 0.499. The van der Waals surface area contributed by atoms with E-state index in [1.807, 2.05) is 0 Å². The summed E-state index contributed by atoms with van der Waals surface area (Å²) in [6.45, 7) is 2.12.